The van der Waals surface area contributed by atoms with E-state index in [-0.39, 0.29) is 23.9 Å². The number of carbonyl (C=O) groups is 1. The fourth-order valence-corrected chi connectivity index (χ4v) is 3.38. The summed E-state index contributed by atoms with van der Waals surface area (Å²) >= 11 is 5.30. The first-order valence-electron chi connectivity index (χ1n) is 6.81. The number of halogens is 4. The molecule has 0 bridgehead atoms. The van der Waals surface area contributed by atoms with Crippen LogP contribution in [0, 0.1) is 17.5 Å². The molecule has 25 heavy (non-hydrogen) atoms. The third-order valence-electron chi connectivity index (χ3n) is 3.01. The first-order valence-corrected chi connectivity index (χ1v) is 8.67. The van der Waals surface area contributed by atoms with Gasteiger partial charge in [-0.15, -0.1) is 0 Å². The van der Waals surface area contributed by atoms with Crippen molar-refractivity contribution in [3.8, 4) is 0 Å². The lowest BCUT2D eigenvalue weighted by molar-refractivity contribution is 0.0527. The number of esters is 1. The molecule has 2 rings (SSSR count). The van der Waals surface area contributed by atoms with E-state index in [1.807, 2.05) is 4.72 Å². The van der Waals surface area contributed by atoms with Gasteiger partial charge in [0.05, 0.1) is 17.9 Å². The molecule has 5 nitrogen and oxygen atoms in total. The largest absolute Gasteiger partial charge is 0.462 e. The van der Waals surface area contributed by atoms with Crippen LogP contribution in [0.4, 0.5) is 18.9 Å². The van der Waals surface area contributed by atoms with Crippen LogP contribution in [0.15, 0.2) is 35.2 Å². The van der Waals surface area contributed by atoms with Crippen LogP contribution in [0.1, 0.15) is 17.3 Å². The molecule has 134 valence electrons. The zero-order valence-corrected chi connectivity index (χ0v) is 14.2. The average Bonchev–Trinajstić information content (AvgIpc) is 2.52. The van der Waals surface area contributed by atoms with Crippen molar-refractivity contribution in [1.82, 2.24) is 0 Å². The molecule has 2 aromatic rings. The van der Waals surface area contributed by atoms with Crippen LogP contribution in [0.5, 0.6) is 0 Å². The predicted molar refractivity (Wildman–Crippen MR) is 84.5 cm³/mol. The van der Waals surface area contributed by atoms with E-state index in [9.17, 15) is 26.4 Å². The number of benzene rings is 2. The number of sulfonamides is 1. The minimum absolute atomic E-state index is 0.0384. The minimum atomic E-state index is -4.84. The number of ether oxygens (including phenoxy) is 1. The van der Waals surface area contributed by atoms with Crippen molar-refractivity contribution >= 4 is 33.3 Å². The summed E-state index contributed by atoms with van der Waals surface area (Å²) in [6.07, 6.45) is 0. The van der Waals surface area contributed by atoms with Gasteiger partial charge in [0.25, 0.3) is 10.0 Å². The number of carbonyl (C=O) groups excluding carboxylic acids is 1. The summed E-state index contributed by atoms with van der Waals surface area (Å²) in [7, 11) is -4.84. The second-order valence-electron chi connectivity index (χ2n) is 4.67. The van der Waals surface area contributed by atoms with Crippen molar-refractivity contribution in [3.63, 3.8) is 0 Å². The lowest BCUT2D eigenvalue weighted by Crippen LogP contribution is -2.19. The van der Waals surface area contributed by atoms with E-state index in [0.29, 0.717) is 0 Å². The predicted octanol–water partition coefficient (Wildman–Crippen LogP) is 3.73. The van der Waals surface area contributed by atoms with Gasteiger partial charge in [-0.1, -0.05) is 23.7 Å². The summed E-state index contributed by atoms with van der Waals surface area (Å²) in [4.78, 5) is 10.4. The molecule has 0 aromatic heterocycles. The van der Waals surface area contributed by atoms with Crippen LogP contribution in [0.25, 0.3) is 0 Å². The molecule has 0 aliphatic carbocycles. The molecule has 0 atom stereocenters. The van der Waals surface area contributed by atoms with Crippen LogP contribution in [0.2, 0.25) is 5.02 Å². The Kier molecular flexibility index (Phi) is 5.58. The molecule has 0 spiro atoms. The Labute approximate surface area is 146 Å². The molecular weight excluding hydrogens is 383 g/mol. The van der Waals surface area contributed by atoms with Crippen LogP contribution in [-0.2, 0) is 14.8 Å². The summed E-state index contributed by atoms with van der Waals surface area (Å²) in [6.45, 7) is 1.59. The van der Waals surface area contributed by atoms with Crippen molar-refractivity contribution in [3.05, 3.63) is 58.4 Å². The van der Waals surface area contributed by atoms with E-state index in [1.165, 1.54) is 24.3 Å². The quantitative estimate of drug-likeness (QED) is 0.477. The first kappa shape index (κ1) is 19.1. The number of rotatable bonds is 5. The Bertz CT molecular complexity index is 935. The maximum Gasteiger partial charge on any atom is 0.340 e. The molecule has 0 fully saturated rings. The molecule has 1 N–H and O–H groups in total. The highest BCUT2D eigenvalue weighted by molar-refractivity contribution is 7.92. The third kappa shape index (κ3) is 3.88. The zero-order valence-electron chi connectivity index (χ0n) is 12.6. The van der Waals surface area contributed by atoms with Gasteiger partial charge in [-0.25, -0.2) is 26.4 Å². The van der Waals surface area contributed by atoms with Gasteiger partial charge in [0, 0.05) is 6.07 Å². The number of anilines is 1. The molecule has 0 amide bonds. The number of nitrogens with one attached hydrogen (secondary N) is 1. The highest BCUT2D eigenvalue weighted by Crippen LogP contribution is 2.30. The maximum absolute atomic E-state index is 14.0. The molecule has 10 heteroatoms. The first-order chi connectivity index (χ1) is 11.7. The lowest BCUT2D eigenvalue weighted by Gasteiger charge is -2.13. The van der Waals surface area contributed by atoms with Gasteiger partial charge < -0.3 is 4.74 Å². The van der Waals surface area contributed by atoms with Crippen LogP contribution in [-0.4, -0.2) is 21.0 Å². The summed E-state index contributed by atoms with van der Waals surface area (Å²) in [5.41, 5.74) is -0.429. The minimum Gasteiger partial charge on any atom is -0.462 e. The van der Waals surface area contributed by atoms with Gasteiger partial charge in [0.2, 0.25) is 0 Å². The highest BCUT2D eigenvalue weighted by atomic mass is 35.5. The Morgan fingerprint density at radius 1 is 1.20 bits per heavy atom. The van der Waals surface area contributed by atoms with E-state index in [0.717, 1.165) is 0 Å². The second kappa shape index (κ2) is 7.32. The fourth-order valence-electron chi connectivity index (χ4n) is 1.95. The molecule has 0 aliphatic heterocycles. The van der Waals surface area contributed by atoms with Crippen molar-refractivity contribution in [1.29, 1.82) is 0 Å². The number of hydrogen-bond donors (Lipinski definition) is 1. The molecule has 0 aliphatic rings. The summed E-state index contributed by atoms with van der Waals surface area (Å²) in [5, 5.41) is -1.17. The van der Waals surface area contributed by atoms with Gasteiger partial charge >= 0.3 is 5.97 Å². The van der Waals surface area contributed by atoms with Gasteiger partial charge in [-0.05, 0) is 19.1 Å². The Morgan fingerprint density at radius 3 is 2.48 bits per heavy atom. The summed E-state index contributed by atoms with van der Waals surface area (Å²) in [5.74, 6) is -5.72. The number of hydrogen-bond acceptors (Lipinski definition) is 4. The Hall–Kier alpha value is -2.26. The monoisotopic (exact) mass is 393 g/mol. The van der Waals surface area contributed by atoms with Crippen molar-refractivity contribution in [2.75, 3.05) is 11.3 Å². The standard InChI is InChI=1S/C15H11ClF3NO4S/c1-2-24-15(21)8-5-3-4-6-11(8)20-25(22,23)14-10(18)7-9(17)12(16)13(14)19/h3-7,20H,2H2,1H3. The van der Waals surface area contributed by atoms with Gasteiger partial charge in [-0.2, -0.15) is 0 Å². The molecule has 0 unspecified atom stereocenters. The van der Waals surface area contributed by atoms with Crippen LogP contribution in [0.3, 0.4) is 0 Å². The van der Waals surface area contributed by atoms with Gasteiger partial charge in [-0.3, -0.25) is 4.72 Å². The van der Waals surface area contributed by atoms with E-state index >= 15 is 0 Å². The average molecular weight is 394 g/mol. The normalized spacial score (nSPS) is 11.2. The highest BCUT2D eigenvalue weighted by Gasteiger charge is 2.29. The summed E-state index contributed by atoms with van der Waals surface area (Å²) in [6, 6.07) is 5.45. The molecule has 2 aromatic carbocycles. The zero-order chi connectivity index (χ0) is 18.8. The molecule has 0 radical (unpaired) electrons. The Balaban J connectivity index is 2.52. The van der Waals surface area contributed by atoms with Crippen LogP contribution >= 0.6 is 11.6 Å². The van der Waals surface area contributed by atoms with E-state index in [4.69, 9.17) is 16.3 Å². The van der Waals surface area contributed by atoms with E-state index < -0.39 is 43.4 Å². The molecule has 0 saturated heterocycles. The number of para-hydroxylation sites is 1. The lowest BCUT2D eigenvalue weighted by atomic mass is 10.2. The van der Waals surface area contributed by atoms with Crippen molar-refractivity contribution in [2.45, 2.75) is 11.8 Å². The maximum atomic E-state index is 14.0. The smallest absolute Gasteiger partial charge is 0.340 e. The fraction of sp³-hybridized carbons (Fsp3) is 0.133. The van der Waals surface area contributed by atoms with Gasteiger partial charge in [0.1, 0.15) is 16.7 Å². The van der Waals surface area contributed by atoms with Crippen molar-refractivity contribution < 1.29 is 31.1 Å². The summed E-state index contributed by atoms with van der Waals surface area (Å²) < 4.78 is 72.3. The topological polar surface area (TPSA) is 72.5 Å². The van der Waals surface area contributed by atoms with E-state index in [2.05, 4.69) is 0 Å². The Morgan fingerprint density at radius 2 is 1.84 bits per heavy atom. The molecule has 0 saturated carbocycles. The van der Waals surface area contributed by atoms with Crippen molar-refractivity contribution in [2.24, 2.45) is 0 Å². The van der Waals surface area contributed by atoms with Gasteiger partial charge in [0.15, 0.2) is 10.7 Å². The van der Waals surface area contributed by atoms with Crippen LogP contribution < -0.4 is 4.72 Å². The molecule has 0 heterocycles. The SMILES string of the molecule is CCOC(=O)c1ccccc1NS(=O)(=O)c1c(F)cc(F)c(Cl)c1F. The second-order valence-corrected chi connectivity index (χ2v) is 6.67. The third-order valence-corrected chi connectivity index (χ3v) is 4.75. The molecular formula is C15H11ClF3NO4S. The van der Waals surface area contributed by atoms with E-state index in [1.54, 1.807) is 6.92 Å².